The maximum Gasteiger partial charge on any atom is 0.0693 e. The number of aryl methyl sites for hydroxylation is 2. The van der Waals surface area contributed by atoms with Crippen LogP contribution in [0.15, 0.2) is 0 Å². The first kappa shape index (κ1) is 14.5. The molecule has 3 atom stereocenters. The molecule has 4 nitrogen and oxygen atoms in total. The third-order valence-corrected chi connectivity index (χ3v) is 4.44. The van der Waals surface area contributed by atoms with E-state index in [2.05, 4.69) is 31.2 Å². The number of aromatic nitrogens is 2. The van der Waals surface area contributed by atoms with E-state index < -0.39 is 0 Å². The van der Waals surface area contributed by atoms with Gasteiger partial charge in [0, 0.05) is 30.4 Å². The minimum absolute atomic E-state index is 0.206. The molecule has 19 heavy (non-hydrogen) atoms. The summed E-state index contributed by atoms with van der Waals surface area (Å²) in [6.45, 7) is 6.34. The molecule has 0 spiro atoms. The second-order valence-corrected chi connectivity index (χ2v) is 5.91. The van der Waals surface area contributed by atoms with Gasteiger partial charge in [-0.25, -0.2) is 0 Å². The molecule has 4 heteroatoms. The Hall–Kier alpha value is -0.870. The Morgan fingerprint density at radius 3 is 2.58 bits per heavy atom. The van der Waals surface area contributed by atoms with Gasteiger partial charge in [0.15, 0.2) is 0 Å². The first-order valence-electron chi connectivity index (χ1n) is 7.45. The minimum Gasteiger partial charge on any atom is -0.392 e. The topological polar surface area (TPSA) is 50.1 Å². The van der Waals surface area contributed by atoms with Crippen molar-refractivity contribution in [3.05, 3.63) is 17.0 Å². The van der Waals surface area contributed by atoms with Crippen molar-refractivity contribution in [2.45, 2.75) is 71.1 Å². The molecule has 1 aromatic heterocycles. The molecule has 0 saturated heterocycles. The van der Waals surface area contributed by atoms with E-state index in [0.29, 0.717) is 0 Å². The highest BCUT2D eigenvalue weighted by Gasteiger charge is 2.25. The van der Waals surface area contributed by atoms with E-state index in [1.807, 2.05) is 11.7 Å². The second kappa shape index (κ2) is 6.06. The SMILES string of the molecule is Cc1nn(C)c(C)c1C(C)NC1CCCCCC1O. The summed E-state index contributed by atoms with van der Waals surface area (Å²) in [5.74, 6) is 0. The van der Waals surface area contributed by atoms with Crippen LogP contribution >= 0.6 is 0 Å². The van der Waals surface area contributed by atoms with Crippen LogP contribution in [0.3, 0.4) is 0 Å². The van der Waals surface area contributed by atoms with Crippen LogP contribution in [-0.4, -0.2) is 27.0 Å². The number of aliphatic hydroxyl groups excluding tert-OH is 1. The van der Waals surface area contributed by atoms with E-state index in [1.54, 1.807) is 0 Å². The van der Waals surface area contributed by atoms with Gasteiger partial charge < -0.3 is 10.4 Å². The minimum atomic E-state index is -0.206. The predicted molar refractivity (Wildman–Crippen MR) is 77.1 cm³/mol. The van der Waals surface area contributed by atoms with Crippen LogP contribution in [0.2, 0.25) is 0 Å². The van der Waals surface area contributed by atoms with Crippen molar-refractivity contribution in [2.24, 2.45) is 7.05 Å². The van der Waals surface area contributed by atoms with Crippen LogP contribution in [0.4, 0.5) is 0 Å². The molecule has 0 radical (unpaired) electrons. The lowest BCUT2D eigenvalue weighted by atomic mass is 10.0. The van der Waals surface area contributed by atoms with Crippen LogP contribution in [0.25, 0.3) is 0 Å². The summed E-state index contributed by atoms with van der Waals surface area (Å²) in [5, 5.41) is 18.3. The Labute approximate surface area is 116 Å². The van der Waals surface area contributed by atoms with Crippen molar-refractivity contribution in [3.63, 3.8) is 0 Å². The maximum atomic E-state index is 10.2. The molecule has 1 heterocycles. The monoisotopic (exact) mass is 265 g/mol. The molecule has 2 N–H and O–H groups in total. The number of rotatable bonds is 3. The number of nitrogens with one attached hydrogen (secondary N) is 1. The summed E-state index contributed by atoms with van der Waals surface area (Å²) in [4.78, 5) is 0. The van der Waals surface area contributed by atoms with Gasteiger partial charge in [0.2, 0.25) is 0 Å². The zero-order valence-electron chi connectivity index (χ0n) is 12.6. The number of hydrogen-bond acceptors (Lipinski definition) is 3. The molecule has 0 amide bonds. The van der Waals surface area contributed by atoms with E-state index >= 15 is 0 Å². The first-order chi connectivity index (χ1) is 9.00. The van der Waals surface area contributed by atoms with E-state index in [1.165, 1.54) is 24.1 Å². The fourth-order valence-electron chi connectivity index (χ4n) is 3.30. The Bertz CT molecular complexity index is 427. The molecule has 0 aromatic carbocycles. The summed E-state index contributed by atoms with van der Waals surface area (Å²) in [6.07, 6.45) is 5.40. The zero-order chi connectivity index (χ0) is 14.0. The molecule has 0 aliphatic heterocycles. The van der Waals surface area contributed by atoms with E-state index in [-0.39, 0.29) is 18.2 Å². The summed E-state index contributed by atoms with van der Waals surface area (Å²) >= 11 is 0. The average Bonchev–Trinajstić information content (AvgIpc) is 2.51. The standard InChI is InChI=1S/C15H27N3O/c1-10(15-11(2)17-18(4)12(15)3)16-13-8-6-5-7-9-14(13)19/h10,13-14,16,19H,5-9H2,1-4H3. The van der Waals surface area contributed by atoms with E-state index in [4.69, 9.17) is 0 Å². The average molecular weight is 265 g/mol. The van der Waals surface area contributed by atoms with Crippen molar-refractivity contribution >= 4 is 0 Å². The molecule has 1 saturated carbocycles. The smallest absolute Gasteiger partial charge is 0.0693 e. The van der Waals surface area contributed by atoms with E-state index in [9.17, 15) is 5.11 Å². The normalized spacial score (nSPS) is 26.2. The molecule has 2 rings (SSSR count). The van der Waals surface area contributed by atoms with Crippen molar-refractivity contribution in [1.29, 1.82) is 0 Å². The van der Waals surface area contributed by atoms with Crippen molar-refractivity contribution in [3.8, 4) is 0 Å². The molecular weight excluding hydrogens is 238 g/mol. The maximum absolute atomic E-state index is 10.2. The number of hydrogen-bond donors (Lipinski definition) is 2. The predicted octanol–water partition coefficient (Wildman–Crippen LogP) is 2.38. The third-order valence-electron chi connectivity index (χ3n) is 4.44. The highest BCUT2D eigenvalue weighted by atomic mass is 16.3. The quantitative estimate of drug-likeness (QED) is 0.825. The van der Waals surface area contributed by atoms with Gasteiger partial charge in [-0.3, -0.25) is 4.68 Å². The molecule has 1 aliphatic rings. The van der Waals surface area contributed by atoms with Gasteiger partial charge in [-0.2, -0.15) is 5.10 Å². The largest absolute Gasteiger partial charge is 0.392 e. The Morgan fingerprint density at radius 2 is 1.95 bits per heavy atom. The summed E-state index contributed by atoms with van der Waals surface area (Å²) < 4.78 is 1.94. The Kier molecular flexibility index (Phi) is 4.63. The number of nitrogens with zero attached hydrogens (tertiary/aromatic N) is 2. The van der Waals surface area contributed by atoms with Crippen molar-refractivity contribution < 1.29 is 5.11 Å². The lowest BCUT2D eigenvalue weighted by molar-refractivity contribution is 0.114. The molecule has 1 aromatic rings. The van der Waals surface area contributed by atoms with Crippen LogP contribution in [0.1, 0.15) is 62.0 Å². The Balaban J connectivity index is 2.09. The third kappa shape index (κ3) is 3.18. The van der Waals surface area contributed by atoms with Gasteiger partial charge in [-0.15, -0.1) is 0 Å². The van der Waals surface area contributed by atoms with Crippen LogP contribution < -0.4 is 5.32 Å². The molecular formula is C15H27N3O. The lowest BCUT2D eigenvalue weighted by Crippen LogP contribution is -2.40. The fraction of sp³-hybridized carbons (Fsp3) is 0.800. The lowest BCUT2D eigenvalue weighted by Gasteiger charge is -2.26. The summed E-state index contributed by atoms with van der Waals surface area (Å²) in [5.41, 5.74) is 3.57. The fourth-order valence-corrected chi connectivity index (χ4v) is 3.30. The van der Waals surface area contributed by atoms with Crippen molar-refractivity contribution in [1.82, 2.24) is 15.1 Å². The molecule has 1 aliphatic carbocycles. The van der Waals surface area contributed by atoms with Gasteiger partial charge >= 0.3 is 0 Å². The zero-order valence-corrected chi connectivity index (χ0v) is 12.6. The van der Waals surface area contributed by atoms with Gasteiger partial charge in [-0.05, 0) is 33.6 Å². The molecule has 1 fully saturated rings. The second-order valence-electron chi connectivity index (χ2n) is 5.91. The van der Waals surface area contributed by atoms with Gasteiger partial charge in [-0.1, -0.05) is 19.3 Å². The van der Waals surface area contributed by atoms with Gasteiger partial charge in [0.1, 0.15) is 0 Å². The number of aliphatic hydroxyl groups is 1. The highest BCUT2D eigenvalue weighted by Crippen LogP contribution is 2.24. The molecule has 0 bridgehead atoms. The van der Waals surface area contributed by atoms with Crippen LogP contribution in [0, 0.1) is 13.8 Å². The summed E-state index contributed by atoms with van der Waals surface area (Å²) in [6, 6.07) is 0.461. The van der Waals surface area contributed by atoms with Crippen molar-refractivity contribution in [2.75, 3.05) is 0 Å². The molecule has 3 unspecified atom stereocenters. The van der Waals surface area contributed by atoms with Gasteiger partial charge in [0.25, 0.3) is 0 Å². The Morgan fingerprint density at radius 1 is 1.26 bits per heavy atom. The van der Waals surface area contributed by atoms with Crippen LogP contribution in [-0.2, 0) is 7.05 Å². The van der Waals surface area contributed by atoms with Gasteiger partial charge in [0.05, 0.1) is 11.8 Å². The first-order valence-corrected chi connectivity index (χ1v) is 7.45. The highest BCUT2D eigenvalue weighted by molar-refractivity contribution is 5.27. The molecule has 108 valence electrons. The summed E-state index contributed by atoms with van der Waals surface area (Å²) in [7, 11) is 1.99. The van der Waals surface area contributed by atoms with Crippen LogP contribution in [0.5, 0.6) is 0 Å². The van der Waals surface area contributed by atoms with E-state index in [0.717, 1.165) is 25.0 Å².